The van der Waals surface area contributed by atoms with Gasteiger partial charge in [0.2, 0.25) is 0 Å². The van der Waals surface area contributed by atoms with E-state index in [2.05, 4.69) is 10.3 Å². The first-order valence-corrected chi connectivity index (χ1v) is 8.08. The summed E-state index contributed by atoms with van der Waals surface area (Å²) >= 11 is 5.78. The maximum atomic E-state index is 5.78. The quantitative estimate of drug-likeness (QED) is 0.816. The van der Waals surface area contributed by atoms with Crippen LogP contribution in [0.25, 0.3) is 0 Å². The van der Waals surface area contributed by atoms with Crippen molar-refractivity contribution in [2.45, 2.75) is 38.5 Å². The van der Waals surface area contributed by atoms with Crippen LogP contribution in [0.1, 0.15) is 38.5 Å². The van der Waals surface area contributed by atoms with Crippen molar-refractivity contribution in [2.75, 3.05) is 11.1 Å². The van der Waals surface area contributed by atoms with Gasteiger partial charge in [0.15, 0.2) is 0 Å². The fourth-order valence-corrected chi connectivity index (χ4v) is 5.51. The molecule has 1 aromatic heterocycles. The molecule has 0 aliphatic heterocycles. The van der Waals surface area contributed by atoms with Crippen LogP contribution in [0.5, 0.6) is 0 Å². The highest BCUT2D eigenvalue weighted by Gasteiger charge is 2.52. The molecule has 0 radical (unpaired) electrons. The lowest BCUT2D eigenvalue weighted by Crippen LogP contribution is -2.51. The topological polar surface area (TPSA) is 50.9 Å². The second kappa shape index (κ2) is 4.42. The van der Waals surface area contributed by atoms with Crippen LogP contribution in [0, 0.1) is 23.2 Å². The van der Waals surface area contributed by atoms with Crippen LogP contribution in [0.2, 0.25) is 0 Å². The molecule has 0 amide bonds. The van der Waals surface area contributed by atoms with Crippen molar-refractivity contribution in [3.05, 3.63) is 18.2 Å². The van der Waals surface area contributed by atoms with Crippen LogP contribution in [-0.2, 0) is 0 Å². The number of thiocarbonyl (C=S) groups is 1. The number of rotatable bonds is 2. The van der Waals surface area contributed by atoms with E-state index in [1.807, 2.05) is 12.1 Å². The molecule has 4 heteroatoms. The van der Waals surface area contributed by atoms with Gasteiger partial charge < -0.3 is 11.1 Å². The maximum Gasteiger partial charge on any atom is 0.133 e. The molecule has 0 aromatic carbocycles. The molecule has 0 atom stereocenters. The molecule has 20 heavy (non-hydrogen) atoms. The zero-order valence-corrected chi connectivity index (χ0v) is 12.5. The van der Waals surface area contributed by atoms with E-state index in [1.165, 1.54) is 38.5 Å². The number of anilines is 2. The Hall–Kier alpha value is -1.16. The molecule has 1 aromatic rings. The minimum absolute atomic E-state index is 0.246. The third-order valence-electron chi connectivity index (χ3n) is 5.53. The molecular formula is C16H21N3S. The summed E-state index contributed by atoms with van der Waals surface area (Å²) in [5, 5.41) is 3.38. The van der Waals surface area contributed by atoms with E-state index in [4.69, 9.17) is 18.0 Å². The molecule has 4 fully saturated rings. The number of nitrogens with one attached hydrogen (secondary N) is 1. The van der Waals surface area contributed by atoms with Crippen molar-refractivity contribution in [2.24, 2.45) is 23.2 Å². The maximum absolute atomic E-state index is 5.78. The minimum Gasteiger partial charge on any atom is -0.384 e. The van der Waals surface area contributed by atoms with Crippen molar-refractivity contribution in [3.63, 3.8) is 0 Å². The average molecular weight is 287 g/mol. The highest BCUT2D eigenvalue weighted by Crippen LogP contribution is 2.60. The number of nitrogens with zero attached hydrogens (tertiary/aromatic N) is 1. The predicted molar refractivity (Wildman–Crippen MR) is 85.5 cm³/mol. The van der Waals surface area contributed by atoms with Crippen LogP contribution in [0.15, 0.2) is 18.2 Å². The monoisotopic (exact) mass is 287 g/mol. The Morgan fingerprint density at radius 1 is 1.15 bits per heavy atom. The van der Waals surface area contributed by atoms with Gasteiger partial charge in [-0.15, -0.1) is 0 Å². The average Bonchev–Trinajstić information content (AvgIpc) is 2.37. The SMILES string of the molecule is Nc1cccc(NC(=S)C23CC4CC(CC(C4)C2)C3)n1. The Labute approximate surface area is 125 Å². The Morgan fingerprint density at radius 2 is 1.75 bits per heavy atom. The zero-order valence-electron chi connectivity index (χ0n) is 11.6. The van der Waals surface area contributed by atoms with Crippen LogP contribution >= 0.6 is 12.2 Å². The zero-order chi connectivity index (χ0) is 13.7. The molecule has 0 spiro atoms. The molecule has 5 rings (SSSR count). The molecule has 0 saturated heterocycles. The molecule has 3 nitrogen and oxygen atoms in total. The number of pyridine rings is 1. The lowest BCUT2D eigenvalue weighted by Gasteiger charge is -2.56. The van der Waals surface area contributed by atoms with Gasteiger partial charge in [-0.05, 0) is 68.4 Å². The van der Waals surface area contributed by atoms with E-state index in [9.17, 15) is 0 Å². The third-order valence-corrected chi connectivity index (χ3v) is 6.07. The standard InChI is InChI=1S/C16H21N3S/c17-13-2-1-3-14(18-13)19-15(20)16-7-10-4-11(8-16)6-12(5-10)9-16/h1-3,10-12H,4-9H2,(H3,17,18,19,20). The summed E-state index contributed by atoms with van der Waals surface area (Å²) in [6.07, 6.45) is 8.18. The molecule has 0 unspecified atom stereocenters. The summed E-state index contributed by atoms with van der Waals surface area (Å²) in [4.78, 5) is 5.33. The normalized spacial score (nSPS) is 37.9. The van der Waals surface area contributed by atoms with Crippen molar-refractivity contribution < 1.29 is 0 Å². The van der Waals surface area contributed by atoms with Crippen LogP contribution in [-0.4, -0.2) is 9.97 Å². The number of hydrogen-bond donors (Lipinski definition) is 2. The van der Waals surface area contributed by atoms with Gasteiger partial charge in [0, 0.05) is 5.41 Å². The number of nitrogens with two attached hydrogens (primary N) is 1. The first-order valence-electron chi connectivity index (χ1n) is 7.67. The highest BCUT2D eigenvalue weighted by atomic mass is 32.1. The first-order chi connectivity index (χ1) is 9.63. The molecule has 4 aliphatic rings. The summed E-state index contributed by atoms with van der Waals surface area (Å²) < 4.78 is 0. The van der Waals surface area contributed by atoms with Gasteiger partial charge in [0.1, 0.15) is 11.6 Å². The van der Waals surface area contributed by atoms with Crippen molar-refractivity contribution in [1.29, 1.82) is 0 Å². The second-order valence-corrected chi connectivity index (χ2v) is 7.51. The molecule has 4 aliphatic carbocycles. The summed E-state index contributed by atoms with van der Waals surface area (Å²) in [5.41, 5.74) is 5.99. The van der Waals surface area contributed by atoms with E-state index in [0.717, 1.165) is 28.6 Å². The molecular weight excluding hydrogens is 266 g/mol. The lowest BCUT2D eigenvalue weighted by molar-refractivity contribution is -0.0110. The largest absolute Gasteiger partial charge is 0.384 e. The van der Waals surface area contributed by atoms with Crippen molar-refractivity contribution in [1.82, 2.24) is 4.98 Å². The highest BCUT2D eigenvalue weighted by molar-refractivity contribution is 7.80. The lowest BCUT2D eigenvalue weighted by atomic mass is 9.49. The summed E-state index contributed by atoms with van der Waals surface area (Å²) in [5.74, 6) is 4.08. The molecule has 106 valence electrons. The molecule has 4 saturated carbocycles. The van der Waals surface area contributed by atoms with E-state index in [-0.39, 0.29) is 5.41 Å². The Balaban J connectivity index is 1.56. The summed E-state index contributed by atoms with van der Waals surface area (Å²) in [6, 6.07) is 5.68. The first kappa shape index (κ1) is 12.6. The smallest absolute Gasteiger partial charge is 0.133 e. The fourth-order valence-electron chi connectivity index (χ4n) is 5.16. The minimum atomic E-state index is 0.246. The van der Waals surface area contributed by atoms with Crippen LogP contribution in [0.4, 0.5) is 11.6 Å². The van der Waals surface area contributed by atoms with E-state index < -0.39 is 0 Å². The Kier molecular flexibility index (Phi) is 2.78. The Bertz CT molecular complexity index is 519. The summed E-state index contributed by atoms with van der Waals surface area (Å²) in [7, 11) is 0. The molecule has 4 bridgehead atoms. The van der Waals surface area contributed by atoms with E-state index in [0.29, 0.717) is 5.82 Å². The van der Waals surface area contributed by atoms with Gasteiger partial charge in [0.05, 0.1) is 4.99 Å². The van der Waals surface area contributed by atoms with E-state index in [1.54, 1.807) is 6.07 Å². The number of hydrogen-bond acceptors (Lipinski definition) is 3. The molecule has 3 N–H and O–H groups in total. The van der Waals surface area contributed by atoms with Gasteiger partial charge in [-0.1, -0.05) is 18.3 Å². The summed E-state index contributed by atoms with van der Waals surface area (Å²) in [6.45, 7) is 0. The molecule has 1 heterocycles. The van der Waals surface area contributed by atoms with Crippen molar-refractivity contribution in [3.8, 4) is 0 Å². The second-order valence-electron chi connectivity index (χ2n) is 7.10. The predicted octanol–water partition coefficient (Wildman–Crippen LogP) is 3.62. The van der Waals surface area contributed by atoms with E-state index >= 15 is 0 Å². The number of nitrogen functional groups attached to an aromatic ring is 1. The van der Waals surface area contributed by atoms with Crippen molar-refractivity contribution >= 4 is 28.8 Å². The van der Waals surface area contributed by atoms with Gasteiger partial charge in [-0.2, -0.15) is 0 Å². The van der Waals surface area contributed by atoms with Crippen LogP contribution in [0.3, 0.4) is 0 Å². The van der Waals surface area contributed by atoms with Gasteiger partial charge in [-0.3, -0.25) is 0 Å². The fraction of sp³-hybridized carbons (Fsp3) is 0.625. The van der Waals surface area contributed by atoms with Gasteiger partial charge in [-0.25, -0.2) is 4.98 Å². The Morgan fingerprint density at radius 3 is 2.30 bits per heavy atom. The van der Waals surface area contributed by atoms with Gasteiger partial charge >= 0.3 is 0 Å². The number of aromatic nitrogens is 1. The van der Waals surface area contributed by atoms with Gasteiger partial charge in [0.25, 0.3) is 0 Å². The van der Waals surface area contributed by atoms with Crippen LogP contribution < -0.4 is 11.1 Å². The third kappa shape index (κ3) is 2.01.